The summed E-state index contributed by atoms with van der Waals surface area (Å²) in [7, 11) is 1.74. The largest absolute Gasteiger partial charge is 0.490 e. The molecule has 1 saturated heterocycles. The maximum atomic E-state index is 14.1. The topological polar surface area (TPSA) is 60.0 Å². The summed E-state index contributed by atoms with van der Waals surface area (Å²) in [6, 6.07) is 20.8. The van der Waals surface area contributed by atoms with Gasteiger partial charge in [0.05, 0.1) is 16.0 Å². The Morgan fingerprint density at radius 3 is 2.37 bits per heavy atom. The van der Waals surface area contributed by atoms with Gasteiger partial charge in [-0.3, -0.25) is 4.79 Å². The molecule has 1 heterocycles. The van der Waals surface area contributed by atoms with Crippen LogP contribution in [0.1, 0.15) is 53.9 Å². The summed E-state index contributed by atoms with van der Waals surface area (Å²) in [6.07, 6.45) is 5.08. The molecular formula is C35H42Cl2N2O4. The standard InChI is InChI=1S/C35H42Cl2N2O4/c1-24-19-32(36)34(33(37)20-24)43-18-17-42-29-12-8-27(9-13-29)30-14-15-38-22-31(30)35(40)39(28-10-11-28)23-26-6-3-5-25(21-26)7-4-16-41-2/h3,5-6,8-9,12-13,19-21,28,30-31,38H,4,7,10-11,14-18,22-23H2,1-2H3/t30-,31?/m1/s1. The average molecular weight is 626 g/mol. The van der Waals surface area contributed by atoms with Crippen molar-refractivity contribution in [2.24, 2.45) is 5.92 Å². The van der Waals surface area contributed by atoms with Crippen molar-refractivity contribution in [1.29, 1.82) is 0 Å². The number of carbonyl (C=O) groups is 1. The van der Waals surface area contributed by atoms with Gasteiger partial charge < -0.3 is 24.4 Å². The van der Waals surface area contributed by atoms with Gasteiger partial charge in [-0.2, -0.15) is 0 Å². The highest BCUT2D eigenvalue weighted by molar-refractivity contribution is 6.37. The zero-order chi connectivity index (χ0) is 30.2. The number of carbonyl (C=O) groups excluding carboxylic acids is 1. The molecule has 1 aliphatic carbocycles. The van der Waals surface area contributed by atoms with Gasteiger partial charge in [-0.1, -0.05) is 59.6 Å². The second kappa shape index (κ2) is 15.3. The van der Waals surface area contributed by atoms with Crippen molar-refractivity contribution < 1.29 is 19.0 Å². The molecule has 1 saturated carbocycles. The Morgan fingerprint density at radius 2 is 1.65 bits per heavy atom. The molecule has 43 heavy (non-hydrogen) atoms. The van der Waals surface area contributed by atoms with Crippen molar-refractivity contribution in [2.45, 2.75) is 57.5 Å². The highest BCUT2D eigenvalue weighted by atomic mass is 35.5. The second-order valence-electron chi connectivity index (χ2n) is 11.6. The van der Waals surface area contributed by atoms with Crippen LogP contribution in [-0.4, -0.2) is 56.9 Å². The Balaban J connectivity index is 1.19. The number of nitrogens with one attached hydrogen (secondary N) is 1. The summed E-state index contributed by atoms with van der Waals surface area (Å²) in [4.78, 5) is 16.2. The van der Waals surface area contributed by atoms with Gasteiger partial charge in [0.2, 0.25) is 5.91 Å². The van der Waals surface area contributed by atoms with E-state index in [0.29, 0.717) is 48.1 Å². The lowest BCUT2D eigenvalue weighted by Gasteiger charge is -2.36. The molecule has 8 heteroatoms. The van der Waals surface area contributed by atoms with Crippen molar-refractivity contribution >= 4 is 29.1 Å². The first-order valence-corrected chi connectivity index (χ1v) is 16.1. The van der Waals surface area contributed by atoms with Gasteiger partial charge in [-0.05, 0) is 98.0 Å². The van der Waals surface area contributed by atoms with E-state index in [1.54, 1.807) is 7.11 Å². The zero-order valence-electron chi connectivity index (χ0n) is 25.1. The number of amides is 1. The third-order valence-corrected chi connectivity index (χ3v) is 8.84. The number of methoxy groups -OCH3 is 1. The normalized spacial score (nSPS) is 18.3. The first-order chi connectivity index (χ1) is 20.9. The molecule has 2 aliphatic rings. The number of nitrogens with zero attached hydrogens (tertiary/aromatic N) is 1. The highest BCUT2D eigenvalue weighted by Crippen LogP contribution is 2.37. The van der Waals surface area contributed by atoms with E-state index >= 15 is 0 Å². The van der Waals surface area contributed by atoms with Gasteiger partial charge in [-0.25, -0.2) is 0 Å². The molecule has 3 aromatic rings. The minimum Gasteiger partial charge on any atom is -0.490 e. The lowest BCUT2D eigenvalue weighted by Crippen LogP contribution is -2.47. The summed E-state index contributed by atoms with van der Waals surface area (Å²) in [5, 5.41) is 4.47. The number of halogens is 2. The van der Waals surface area contributed by atoms with Gasteiger partial charge >= 0.3 is 0 Å². The van der Waals surface area contributed by atoms with Crippen LogP contribution in [0.4, 0.5) is 0 Å². The number of hydrogen-bond donors (Lipinski definition) is 1. The Hall–Kier alpha value is -2.77. The summed E-state index contributed by atoms with van der Waals surface area (Å²) < 4.78 is 16.9. The highest BCUT2D eigenvalue weighted by Gasteiger charge is 2.40. The summed E-state index contributed by atoms with van der Waals surface area (Å²) in [5.41, 5.74) is 4.66. The van der Waals surface area contributed by atoms with Gasteiger partial charge in [0.25, 0.3) is 0 Å². The fraction of sp³-hybridized carbons (Fsp3) is 0.457. The molecule has 0 bridgehead atoms. The van der Waals surface area contributed by atoms with Gasteiger partial charge in [0, 0.05) is 32.8 Å². The molecule has 3 aromatic carbocycles. The maximum Gasteiger partial charge on any atom is 0.228 e. The monoisotopic (exact) mass is 624 g/mol. The van der Waals surface area contributed by atoms with Gasteiger partial charge in [0.1, 0.15) is 19.0 Å². The van der Waals surface area contributed by atoms with E-state index in [9.17, 15) is 4.79 Å². The molecule has 0 aromatic heterocycles. The van der Waals surface area contributed by atoms with E-state index in [1.165, 1.54) is 16.7 Å². The number of piperidine rings is 1. The first kappa shape index (κ1) is 31.6. The molecule has 6 nitrogen and oxygen atoms in total. The lowest BCUT2D eigenvalue weighted by atomic mass is 9.80. The number of aryl methyl sites for hydroxylation is 2. The quantitative estimate of drug-likeness (QED) is 0.192. The average Bonchev–Trinajstić information content (AvgIpc) is 3.85. The minimum atomic E-state index is -0.0941. The van der Waals surface area contributed by atoms with Crippen LogP contribution < -0.4 is 14.8 Å². The third-order valence-electron chi connectivity index (χ3n) is 8.28. The van der Waals surface area contributed by atoms with Crippen LogP contribution in [0.15, 0.2) is 60.7 Å². The van der Waals surface area contributed by atoms with E-state index in [4.69, 9.17) is 37.4 Å². The van der Waals surface area contributed by atoms with Crippen LogP contribution in [0.2, 0.25) is 10.0 Å². The maximum absolute atomic E-state index is 14.1. The van der Waals surface area contributed by atoms with Gasteiger partial charge in [-0.15, -0.1) is 0 Å². The van der Waals surface area contributed by atoms with E-state index in [2.05, 4.69) is 46.6 Å². The van der Waals surface area contributed by atoms with Crippen LogP contribution in [0.3, 0.4) is 0 Å². The van der Waals surface area contributed by atoms with Crippen LogP contribution >= 0.6 is 23.2 Å². The van der Waals surface area contributed by atoms with Crippen LogP contribution in [0, 0.1) is 12.8 Å². The predicted molar refractivity (Wildman–Crippen MR) is 173 cm³/mol. The molecular weight excluding hydrogens is 583 g/mol. The predicted octanol–water partition coefficient (Wildman–Crippen LogP) is 7.22. The third kappa shape index (κ3) is 8.66. The number of ether oxygens (including phenoxy) is 3. The Labute approximate surface area is 265 Å². The van der Waals surface area contributed by atoms with Crippen molar-refractivity contribution in [1.82, 2.24) is 10.2 Å². The van der Waals surface area contributed by atoms with Crippen LogP contribution in [0.5, 0.6) is 11.5 Å². The van der Waals surface area contributed by atoms with Crippen LogP contribution in [-0.2, 0) is 22.5 Å². The molecule has 0 spiro atoms. The molecule has 2 fully saturated rings. The van der Waals surface area contributed by atoms with Crippen LogP contribution in [0.25, 0.3) is 0 Å². The molecule has 1 unspecified atom stereocenters. The van der Waals surface area contributed by atoms with Crippen molar-refractivity contribution in [3.63, 3.8) is 0 Å². The molecule has 1 N–H and O–H groups in total. The van der Waals surface area contributed by atoms with Crippen molar-refractivity contribution in [3.05, 3.63) is 93.0 Å². The van der Waals surface area contributed by atoms with Crippen molar-refractivity contribution in [3.8, 4) is 11.5 Å². The Morgan fingerprint density at radius 1 is 0.930 bits per heavy atom. The number of rotatable bonds is 14. The summed E-state index contributed by atoms with van der Waals surface area (Å²) in [6.45, 7) is 5.64. The van der Waals surface area contributed by atoms with E-state index in [-0.39, 0.29) is 17.7 Å². The minimum absolute atomic E-state index is 0.0941. The van der Waals surface area contributed by atoms with E-state index in [0.717, 1.165) is 56.6 Å². The lowest BCUT2D eigenvalue weighted by molar-refractivity contribution is -0.138. The Bertz CT molecular complexity index is 1340. The Kier molecular flexibility index (Phi) is 11.3. The smallest absolute Gasteiger partial charge is 0.228 e. The molecule has 5 rings (SSSR count). The number of benzene rings is 3. The SMILES string of the molecule is COCCCc1cccc(CN(C(=O)C2CNCC[C@@H]2c2ccc(OCCOc3c(Cl)cc(C)cc3Cl)cc2)C2CC2)c1. The molecule has 230 valence electrons. The molecule has 2 atom stereocenters. The fourth-order valence-corrected chi connectivity index (χ4v) is 6.65. The fourth-order valence-electron chi connectivity index (χ4n) is 5.94. The second-order valence-corrected chi connectivity index (χ2v) is 12.5. The number of hydrogen-bond acceptors (Lipinski definition) is 5. The van der Waals surface area contributed by atoms with Crippen molar-refractivity contribution in [2.75, 3.05) is 40.0 Å². The summed E-state index contributed by atoms with van der Waals surface area (Å²) in [5.74, 6) is 1.57. The van der Waals surface area contributed by atoms with E-state index < -0.39 is 0 Å². The zero-order valence-corrected chi connectivity index (χ0v) is 26.6. The summed E-state index contributed by atoms with van der Waals surface area (Å²) >= 11 is 12.6. The van der Waals surface area contributed by atoms with E-state index in [1.807, 2.05) is 31.2 Å². The molecule has 0 radical (unpaired) electrons. The first-order valence-electron chi connectivity index (χ1n) is 15.3. The molecule has 1 amide bonds. The molecule has 1 aliphatic heterocycles. The van der Waals surface area contributed by atoms with Gasteiger partial charge in [0.15, 0.2) is 5.75 Å².